The van der Waals surface area contributed by atoms with E-state index in [1.807, 2.05) is 50.5 Å². The molecule has 0 spiro atoms. The molecule has 0 saturated carbocycles. The molecule has 4 aromatic rings. The van der Waals surface area contributed by atoms with Gasteiger partial charge in [0, 0.05) is 17.8 Å². The van der Waals surface area contributed by atoms with Crippen LogP contribution in [0.15, 0.2) is 54.2 Å². The molecule has 1 N–H and O–H groups in total. The number of benzene rings is 1. The van der Waals surface area contributed by atoms with Gasteiger partial charge in [0.1, 0.15) is 0 Å². The summed E-state index contributed by atoms with van der Waals surface area (Å²) in [5.41, 5.74) is 4.17. The van der Waals surface area contributed by atoms with Crippen molar-refractivity contribution >= 4 is 33.5 Å². The van der Waals surface area contributed by atoms with Crippen molar-refractivity contribution in [3.8, 4) is 16.3 Å². The lowest BCUT2D eigenvalue weighted by Gasteiger charge is -2.10. The Labute approximate surface area is 148 Å². The van der Waals surface area contributed by atoms with Crippen LogP contribution in [-0.4, -0.2) is 14.5 Å². The maximum absolute atomic E-state index is 4.74. The summed E-state index contributed by atoms with van der Waals surface area (Å²) in [5.74, 6) is 0. The van der Waals surface area contributed by atoms with E-state index in [4.69, 9.17) is 4.98 Å². The second-order valence-electron chi connectivity index (χ2n) is 5.42. The topological polar surface area (TPSA) is 42.7 Å². The molecule has 3 aromatic heterocycles. The Morgan fingerprint density at radius 2 is 1.79 bits per heavy atom. The molecule has 0 amide bonds. The molecule has 0 aliphatic carbocycles. The van der Waals surface area contributed by atoms with Crippen molar-refractivity contribution in [2.24, 2.45) is 0 Å². The van der Waals surface area contributed by atoms with E-state index in [1.165, 1.54) is 0 Å². The molecule has 0 unspecified atom stereocenters. The number of rotatable bonds is 4. The molecular formula is C18H16N4S2. The lowest BCUT2D eigenvalue weighted by atomic mass is 10.2. The second kappa shape index (κ2) is 6.22. The zero-order chi connectivity index (χ0) is 16.5. The first-order valence-electron chi connectivity index (χ1n) is 7.60. The van der Waals surface area contributed by atoms with Gasteiger partial charge in [0.05, 0.1) is 32.6 Å². The van der Waals surface area contributed by atoms with E-state index in [1.54, 1.807) is 22.7 Å². The Bertz CT molecular complexity index is 967. The van der Waals surface area contributed by atoms with E-state index in [0.29, 0.717) is 0 Å². The quantitative estimate of drug-likeness (QED) is 0.533. The zero-order valence-electron chi connectivity index (χ0n) is 13.4. The van der Waals surface area contributed by atoms with Gasteiger partial charge < -0.3 is 9.88 Å². The molecule has 0 bridgehead atoms. The third-order valence-electron chi connectivity index (χ3n) is 3.67. The SMILES string of the molecule is Cc1nc(C)c(-c2csc(Nc3ccccc3-n3cccc3)n2)s1. The Hall–Kier alpha value is -2.44. The maximum Gasteiger partial charge on any atom is 0.187 e. The second-order valence-corrected chi connectivity index (χ2v) is 7.48. The molecular weight excluding hydrogens is 336 g/mol. The number of aromatic nitrogens is 3. The molecule has 4 nitrogen and oxygen atoms in total. The number of anilines is 2. The van der Waals surface area contributed by atoms with Crippen LogP contribution in [0.2, 0.25) is 0 Å². The highest BCUT2D eigenvalue weighted by molar-refractivity contribution is 7.16. The molecule has 0 atom stereocenters. The fraction of sp³-hybridized carbons (Fsp3) is 0.111. The van der Waals surface area contributed by atoms with E-state index in [-0.39, 0.29) is 0 Å². The van der Waals surface area contributed by atoms with Crippen molar-refractivity contribution in [3.63, 3.8) is 0 Å². The lowest BCUT2D eigenvalue weighted by Crippen LogP contribution is -1.97. The molecule has 120 valence electrons. The predicted octanol–water partition coefficient (Wildman–Crippen LogP) is 5.42. The fourth-order valence-electron chi connectivity index (χ4n) is 2.62. The predicted molar refractivity (Wildman–Crippen MR) is 102 cm³/mol. The van der Waals surface area contributed by atoms with Gasteiger partial charge in [-0.25, -0.2) is 9.97 Å². The zero-order valence-corrected chi connectivity index (χ0v) is 15.0. The first-order valence-corrected chi connectivity index (χ1v) is 9.29. The number of hydrogen-bond donors (Lipinski definition) is 1. The normalized spacial score (nSPS) is 10.9. The Morgan fingerprint density at radius 1 is 1.00 bits per heavy atom. The lowest BCUT2D eigenvalue weighted by molar-refractivity contribution is 1.08. The average molecular weight is 352 g/mol. The third kappa shape index (κ3) is 2.86. The summed E-state index contributed by atoms with van der Waals surface area (Å²) < 4.78 is 2.09. The number of nitrogens with one attached hydrogen (secondary N) is 1. The molecule has 24 heavy (non-hydrogen) atoms. The number of hydrogen-bond acceptors (Lipinski definition) is 5. The third-order valence-corrected chi connectivity index (χ3v) is 5.52. The summed E-state index contributed by atoms with van der Waals surface area (Å²) in [5, 5.41) is 7.49. The van der Waals surface area contributed by atoms with Crippen LogP contribution in [0, 0.1) is 13.8 Å². The van der Waals surface area contributed by atoms with Crippen LogP contribution in [-0.2, 0) is 0 Å². The Kier molecular flexibility index (Phi) is 3.92. The first-order chi connectivity index (χ1) is 11.7. The molecule has 1 aromatic carbocycles. The van der Waals surface area contributed by atoms with E-state index >= 15 is 0 Å². The van der Waals surface area contributed by atoms with Crippen LogP contribution in [0.3, 0.4) is 0 Å². The van der Waals surface area contributed by atoms with E-state index in [2.05, 4.69) is 32.4 Å². The molecule has 0 radical (unpaired) electrons. The van der Waals surface area contributed by atoms with Crippen molar-refractivity contribution in [3.05, 3.63) is 64.9 Å². The fourth-order valence-corrected chi connectivity index (χ4v) is 4.29. The standard InChI is InChI=1S/C18H16N4S2/c1-12-17(24-13(2)19-12)15-11-23-18(21-15)20-14-7-3-4-8-16(14)22-9-5-6-10-22/h3-11H,1-2H3,(H,20,21). The number of nitrogens with zero attached hydrogens (tertiary/aromatic N) is 3. The molecule has 6 heteroatoms. The maximum atomic E-state index is 4.74. The molecule has 0 saturated heterocycles. The molecule has 3 heterocycles. The van der Waals surface area contributed by atoms with Crippen molar-refractivity contribution in [2.45, 2.75) is 13.8 Å². The molecule has 0 aliphatic rings. The van der Waals surface area contributed by atoms with Gasteiger partial charge in [-0.1, -0.05) is 12.1 Å². The summed E-state index contributed by atoms with van der Waals surface area (Å²) in [4.78, 5) is 10.4. The van der Waals surface area contributed by atoms with Crippen molar-refractivity contribution < 1.29 is 0 Å². The number of para-hydroxylation sites is 2. The summed E-state index contributed by atoms with van der Waals surface area (Å²) in [6, 6.07) is 12.3. The van der Waals surface area contributed by atoms with Gasteiger partial charge in [-0.05, 0) is 38.1 Å². The van der Waals surface area contributed by atoms with Gasteiger partial charge in [-0.2, -0.15) is 0 Å². The van der Waals surface area contributed by atoms with Crippen LogP contribution in [0.5, 0.6) is 0 Å². The van der Waals surface area contributed by atoms with Crippen molar-refractivity contribution in [1.82, 2.24) is 14.5 Å². The monoisotopic (exact) mass is 352 g/mol. The van der Waals surface area contributed by atoms with Gasteiger partial charge in [-0.3, -0.25) is 0 Å². The molecule has 0 aliphatic heterocycles. The van der Waals surface area contributed by atoms with E-state index in [9.17, 15) is 0 Å². The first kappa shape index (κ1) is 15.1. The van der Waals surface area contributed by atoms with E-state index in [0.717, 1.165) is 37.8 Å². The number of thiazole rings is 2. The summed E-state index contributed by atoms with van der Waals surface area (Å²) in [7, 11) is 0. The summed E-state index contributed by atoms with van der Waals surface area (Å²) >= 11 is 3.30. The largest absolute Gasteiger partial charge is 0.330 e. The van der Waals surface area contributed by atoms with Crippen molar-refractivity contribution in [2.75, 3.05) is 5.32 Å². The minimum atomic E-state index is 0.884. The molecule has 4 rings (SSSR count). The smallest absolute Gasteiger partial charge is 0.187 e. The van der Waals surface area contributed by atoms with E-state index < -0.39 is 0 Å². The summed E-state index contributed by atoms with van der Waals surface area (Å²) in [6.45, 7) is 4.06. The van der Waals surface area contributed by atoms with Crippen LogP contribution >= 0.6 is 22.7 Å². The van der Waals surface area contributed by atoms with Crippen LogP contribution in [0.1, 0.15) is 10.7 Å². The van der Waals surface area contributed by atoms with Gasteiger partial charge in [0.25, 0.3) is 0 Å². The van der Waals surface area contributed by atoms with Crippen molar-refractivity contribution in [1.29, 1.82) is 0 Å². The Morgan fingerprint density at radius 3 is 2.54 bits per heavy atom. The highest BCUT2D eigenvalue weighted by Gasteiger charge is 2.12. The van der Waals surface area contributed by atoms with Gasteiger partial charge >= 0.3 is 0 Å². The van der Waals surface area contributed by atoms with Gasteiger partial charge in [0.15, 0.2) is 5.13 Å². The van der Waals surface area contributed by atoms with Crippen LogP contribution < -0.4 is 5.32 Å². The highest BCUT2D eigenvalue weighted by atomic mass is 32.1. The van der Waals surface area contributed by atoms with Gasteiger partial charge in [0.2, 0.25) is 0 Å². The Balaban J connectivity index is 1.65. The van der Waals surface area contributed by atoms with Crippen LogP contribution in [0.25, 0.3) is 16.3 Å². The highest BCUT2D eigenvalue weighted by Crippen LogP contribution is 2.33. The average Bonchev–Trinajstić information content (AvgIpc) is 3.29. The minimum Gasteiger partial charge on any atom is -0.330 e. The number of aryl methyl sites for hydroxylation is 2. The van der Waals surface area contributed by atoms with Gasteiger partial charge in [-0.15, -0.1) is 22.7 Å². The summed E-state index contributed by atoms with van der Waals surface area (Å²) in [6.07, 6.45) is 4.08. The minimum absolute atomic E-state index is 0.884. The van der Waals surface area contributed by atoms with Crippen LogP contribution in [0.4, 0.5) is 10.8 Å². The molecule has 0 fully saturated rings.